The fourth-order valence-electron chi connectivity index (χ4n) is 7.41. The van der Waals surface area contributed by atoms with E-state index in [2.05, 4.69) is 20.9 Å². The van der Waals surface area contributed by atoms with E-state index >= 15 is 0 Å². The molecule has 6 rings (SSSR count). The van der Waals surface area contributed by atoms with Gasteiger partial charge in [0.2, 0.25) is 5.75 Å². The third-order valence-corrected chi connectivity index (χ3v) is 12.0. The molecule has 2 saturated heterocycles. The minimum atomic E-state index is -4.83. The first kappa shape index (κ1) is 36.3. The summed E-state index contributed by atoms with van der Waals surface area (Å²) in [7, 11) is 3.89. The van der Waals surface area contributed by atoms with E-state index in [4.69, 9.17) is 44.3 Å². The van der Waals surface area contributed by atoms with Gasteiger partial charge in [-0.25, -0.2) is 4.98 Å². The number of phenolic OH excluding ortho intramolecular Hbond substituents is 1. The van der Waals surface area contributed by atoms with Crippen LogP contribution in [0.1, 0.15) is 24.1 Å². The summed E-state index contributed by atoms with van der Waals surface area (Å²) in [5.41, 5.74) is -0.566. The van der Waals surface area contributed by atoms with Crippen LogP contribution in [0.5, 0.6) is 17.2 Å². The Hall–Kier alpha value is -3.53. The Morgan fingerprint density at radius 1 is 1.08 bits per heavy atom. The van der Waals surface area contributed by atoms with Crippen LogP contribution in [0, 0.1) is 23.7 Å². The molecule has 11 nitrogen and oxygen atoms in total. The lowest BCUT2D eigenvalue weighted by Gasteiger charge is -2.49. The highest BCUT2D eigenvalue weighted by molar-refractivity contribution is 9.09. The van der Waals surface area contributed by atoms with Crippen LogP contribution in [0.2, 0.25) is 5.02 Å². The monoisotopic (exact) mass is 820 g/mol. The van der Waals surface area contributed by atoms with Crippen LogP contribution in [0.4, 0.5) is 19.0 Å². The fourth-order valence-corrected chi connectivity index (χ4v) is 9.02. The predicted molar refractivity (Wildman–Crippen MR) is 179 cm³/mol. The van der Waals surface area contributed by atoms with Crippen LogP contribution in [-0.4, -0.2) is 80.1 Å². The number of allylic oxidation sites excluding steroid dienone is 3. The smallest absolute Gasteiger partial charge is 0.433 e. The van der Waals surface area contributed by atoms with E-state index in [1.807, 2.05) is 0 Å². The molecule has 6 atom stereocenters. The predicted octanol–water partition coefficient (Wildman–Crippen LogP) is 5.79. The third kappa shape index (κ3) is 5.17. The number of methoxy groups -OCH3 is 2. The first-order valence-corrected chi connectivity index (χ1v) is 17.2. The number of aromatic hydroxyl groups is 1. The largest absolute Gasteiger partial charge is 0.502 e. The lowest BCUT2D eigenvalue weighted by Crippen LogP contribution is -2.60. The molecule has 0 radical (unpaired) electrons. The number of nitrogens with zero attached hydrogens (tertiary/aromatic N) is 4. The van der Waals surface area contributed by atoms with E-state index in [0.29, 0.717) is 22.2 Å². The van der Waals surface area contributed by atoms with Gasteiger partial charge in [0.25, 0.3) is 23.6 Å². The number of rotatable bonds is 7. The third-order valence-electron chi connectivity index (χ3n) is 9.76. The fraction of sp³-hybridized carbons (Fsp3) is 0.406. The molecule has 2 aromatic rings. The number of pyridine rings is 1. The van der Waals surface area contributed by atoms with Crippen molar-refractivity contribution in [2.45, 2.75) is 28.8 Å². The van der Waals surface area contributed by atoms with E-state index in [1.165, 1.54) is 33.4 Å². The molecular weight excluding hydrogens is 796 g/mol. The van der Waals surface area contributed by atoms with Crippen molar-refractivity contribution in [1.82, 2.24) is 14.9 Å². The Bertz CT molecular complexity index is 1870. The second-order valence-electron chi connectivity index (χ2n) is 12.2. The number of benzene rings is 1. The average Bonchev–Trinajstić information content (AvgIpc) is 3.41. The number of halogens is 7. The summed E-state index contributed by atoms with van der Waals surface area (Å²) in [5.74, 6) is -7.71. The molecule has 2 aliphatic heterocycles. The first-order valence-electron chi connectivity index (χ1n) is 14.9. The number of hydrogen-bond donors (Lipinski definition) is 1. The van der Waals surface area contributed by atoms with Crippen molar-refractivity contribution in [1.29, 1.82) is 0 Å². The van der Waals surface area contributed by atoms with Gasteiger partial charge in [0.05, 0.1) is 36.5 Å². The summed E-state index contributed by atoms with van der Waals surface area (Å²) in [6, 6.07) is 4.65. The molecule has 6 unspecified atom stereocenters. The number of carbonyl (C=O) groups is 4. The number of carbonyl (C=O) groups excluding carboxylic acids is 4. The molecule has 18 heteroatoms. The standard InChI is InChI=1S/C32H27BrCl3F3N4O7/c1-41(25-19(34)8-9-22(40-25)32(37,38)39)43-26(45)16-6-5-15-17(23(16)27(43)46)12-30(35)28(47)42(13-33)29(48)31(30,36)18(15)7-4-14-10-20(49-2)24(44)21(11-14)50-3/h4-5,7-11,16-18,23,44H,6,12-13H2,1-3H3. The molecule has 50 heavy (non-hydrogen) atoms. The second kappa shape index (κ2) is 12.6. The van der Waals surface area contributed by atoms with E-state index in [1.54, 1.807) is 18.2 Å². The molecule has 0 bridgehead atoms. The minimum absolute atomic E-state index is 0.00686. The number of anilines is 1. The quantitative estimate of drug-likeness (QED) is 0.160. The van der Waals surface area contributed by atoms with E-state index < -0.39 is 74.7 Å². The SMILES string of the molecule is COc1cc(C=CC2C3=CCC4C(=O)N(N(C)c5nc(C(F)(F)F)ccc5Cl)C(=O)C4C3CC3(Cl)C(=O)N(CBr)C(=O)C23Cl)cc(OC)c1O. The Balaban J connectivity index is 1.44. The summed E-state index contributed by atoms with van der Waals surface area (Å²) in [4.78, 5) is 56.2. The Morgan fingerprint density at radius 2 is 1.72 bits per heavy atom. The second-order valence-corrected chi connectivity index (χ2v) is 14.3. The number of amides is 4. The summed E-state index contributed by atoms with van der Waals surface area (Å²) < 4.78 is 51.1. The highest BCUT2D eigenvalue weighted by Gasteiger charge is 2.75. The number of phenols is 1. The van der Waals surface area contributed by atoms with Gasteiger partial charge in [-0.1, -0.05) is 51.3 Å². The Morgan fingerprint density at radius 3 is 2.30 bits per heavy atom. The minimum Gasteiger partial charge on any atom is -0.502 e. The molecule has 4 amide bonds. The maximum Gasteiger partial charge on any atom is 0.433 e. The highest BCUT2D eigenvalue weighted by atomic mass is 79.9. The molecule has 1 N–H and O–H groups in total. The molecule has 2 aliphatic carbocycles. The number of likely N-dealkylation sites (tertiary alicyclic amines) is 1. The van der Waals surface area contributed by atoms with Crippen molar-refractivity contribution < 1.29 is 46.9 Å². The van der Waals surface area contributed by atoms with Crippen LogP contribution in [0.3, 0.4) is 0 Å². The van der Waals surface area contributed by atoms with Crippen molar-refractivity contribution in [3.05, 3.63) is 58.3 Å². The zero-order valence-corrected chi connectivity index (χ0v) is 30.2. The lowest BCUT2D eigenvalue weighted by molar-refractivity contribution is -0.142. The van der Waals surface area contributed by atoms with Gasteiger partial charge in [-0.2, -0.15) is 18.2 Å². The molecule has 3 heterocycles. The number of hydrogen-bond acceptors (Lipinski definition) is 9. The molecule has 3 fully saturated rings. The van der Waals surface area contributed by atoms with Gasteiger partial charge < -0.3 is 14.6 Å². The molecule has 0 spiro atoms. The maximum absolute atomic E-state index is 14.2. The number of alkyl halides is 6. The van der Waals surface area contributed by atoms with Gasteiger partial charge >= 0.3 is 6.18 Å². The Kier molecular flexibility index (Phi) is 9.14. The summed E-state index contributed by atoms with van der Waals surface area (Å²) in [5, 5.41) is 11.7. The lowest BCUT2D eigenvalue weighted by atomic mass is 9.57. The molecule has 1 saturated carbocycles. The number of imide groups is 2. The molecule has 266 valence electrons. The van der Waals surface area contributed by atoms with Crippen molar-refractivity contribution in [2.24, 2.45) is 23.7 Å². The van der Waals surface area contributed by atoms with Gasteiger partial charge in [-0.3, -0.25) is 29.1 Å². The highest BCUT2D eigenvalue weighted by Crippen LogP contribution is 2.63. The van der Waals surface area contributed by atoms with Gasteiger partial charge in [0.15, 0.2) is 27.1 Å². The molecule has 1 aromatic carbocycles. The number of hydrazine groups is 1. The number of aromatic nitrogens is 1. The van der Waals surface area contributed by atoms with E-state index in [9.17, 15) is 37.5 Å². The van der Waals surface area contributed by atoms with Gasteiger partial charge in [0, 0.05) is 13.0 Å². The van der Waals surface area contributed by atoms with Crippen molar-refractivity contribution in [3.63, 3.8) is 0 Å². The number of ether oxygens (including phenoxy) is 2. The Labute approximate surface area is 306 Å². The topological polar surface area (TPSA) is 130 Å². The zero-order chi connectivity index (χ0) is 36.7. The van der Waals surface area contributed by atoms with Gasteiger partial charge in [-0.15, -0.1) is 23.2 Å². The molecular formula is C32H27BrCl3F3N4O7. The van der Waals surface area contributed by atoms with Crippen LogP contribution in [0.15, 0.2) is 42.0 Å². The summed E-state index contributed by atoms with van der Waals surface area (Å²) in [6.45, 7) is 0. The van der Waals surface area contributed by atoms with Crippen LogP contribution in [0.25, 0.3) is 6.08 Å². The van der Waals surface area contributed by atoms with Crippen LogP contribution >= 0.6 is 50.7 Å². The summed E-state index contributed by atoms with van der Waals surface area (Å²) in [6.07, 6.45) is -0.296. The van der Waals surface area contributed by atoms with Gasteiger partial charge in [-0.05, 0) is 48.6 Å². The van der Waals surface area contributed by atoms with Crippen molar-refractivity contribution in [3.8, 4) is 17.2 Å². The maximum atomic E-state index is 14.2. The normalized spacial score (nSPS) is 29.3. The van der Waals surface area contributed by atoms with Crippen molar-refractivity contribution in [2.75, 3.05) is 31.7 Å². The summed E-state index contributed by atoms with van der Waals surface area (Å²) >= 11 is 23.7. The number of fused-ring (bicyclic) bond motifs is 4. The van der Waals surface area contributed by atoms with Gasteiger partial charge in [0.1, 0.15) is 5.69 Å². The van der Waals surface area contributed by atoms with Crippen LogP contribution < -0.4 is 14.5 Å². The van der Waals surface area contributed by atoms with Crippen molar-refractivity contribution >= 4 is 86.3 Å². The van der Waals surface area contributed by atoms with Crippen LogP contribution in [-0.2, 0) is 25.4 Å². The molecule has 1 aromatic heterocycles. The van der Waals surface area contributed by atoms with E-state index in [0.717, 1.165) is 16.0 Å². The zero-order valence-electron chi connectivity index (χ0n) is 26.3. The first-order chi connectivity index (χ1) is 23.5. The average molecular weight is 823 g/mol. The van der Waals surface area contributed by atoms with E-state index in [-0.39, 0.29) is 40.6 Å². The molecule has 4 aliphatic rings.